The Labute approximate surface area is 197 Å². The Morgan fingerprint density at radius 3 is 2.77 bits per heavy atom. The van der Waals surface area contributed by atoms with E-state index in [0.29, 0.717) is 12.5 Å². The van der Waals surface area contributed by atoms with Crippen LogP contribution in [-0.4, -0.2) is 49.0 Å². The van der Waals surface area contributed by atoms with Gasteiger partial charge in [0, 0.05) is 38.1 Å². The van der Waals surface area contributed by atoms with E-state index in [4.69, 9.17) is 0 Å². The summed E-state index contributed by atoms with van der Waals surface area (Å²) in [5.41, 5.74) is 1.01. The molecule has 0 radical (unpaired) electrons. The van der Waals surface area contributed by atoms with E-state index < -0.39 is 0 Å². The van der Waals surface area contributed by atoms with Crippen molar-refractivity contribution >= 4 is 35.8 Å². The zero-order valence-corrected chi connectivity index (χ0v) is 20.4. The van der Waals surface area contributed by atoms with Gasteiger partial charge in [-0.2, -0.15) is 0 Å². The maximum atomic E-state index is 13.3. The highest BCUT2D eigenvalue weighted by atomic mass is 127. The Kier molecular flexibility index (Phi) is 10.9. The monoisotopic (exact) mass is 530 g/mol. The second-order valence-corrected chi connectivity index (χ2v) is 8.24. The predicted molar refractivity (Wildman–Crippen MR) is 131 cm³/mol. The van der Waals surface area contributed by atoms with E-state index in [9.17, 15) is 9.18 Å². The first kappa shape index (κ1) is 24.9. The molecule has 2 N–H and O–H groups in total. The molecule has 1 saturated carbocycles. The van der Waals surface area contributed by atoms with Crippen molar-refractivity contribution in [2.45, 2.75) is 64.3 Å². The molecule has 7 heteroatoms. The van der Waals surface area contributed by atoms with E-state index >= 15 is 0 Å². The number of guanidine groups is 1. The minimum Gasteiger partial charge on any atom is -0.357 e. The maximum absolute atomic E-state index is 13.3. The van der Waals surface area contributed by atoms with Crippen LogP contribution in [0, 0.1) is 11.7 Å². The number of benzene rings is 1. The molecule has 5 nitrogen and oxygen atoms in total. The van der Waals surface area contributed by atoms with Crippen molar-refractivity contribution < 1.29 is 9.18 Å². The minimum atomic E-state index is -0.186. The van der Waals surface area contributed by atoms with Crippen LogP contribution >= 0.6 is 24.0 Å². The van der Waals surface area contributed by atoms with Gasteiger partial charge >= 0.3 is 0 Å². The van der Waals surface area contributed by atoms with Crippen LogP contribution in [0.2, 0.25) is 0 Å². The van der Waals surface area contributed by atoms with Crippen LogP contribution in [-0.2, 0) is 11.2 Å². The van der Waals surface area contributed by atoms with Gasteiger partial charge in [-0.1, -0.05) is 31.4 Å². The first-order valence-corrected chi connectivity index (χ1v) is 11.2. The van der Waals surface area contributed by atoms with Gasteiger partial charge in [-0.25, -0.2) is 4.39 Å². The van der Waals surface area contributed by atoms with Gasteiger partial charge in [0.05, 0.1) is 0 Å². The molecule has 0 bridgehead atoms. The fourth-order valence-corrected chi connectivity index (χ4v) is 4.37. The van der Waals surface area contributed by atoms with Gasteiger partial charge in [0.2, 0.25) is 5.91 Å². The number of rotatable bonds is 7. The molecule has 1 amide bonds. The molecule has 30 heavy (non-hydrogen) atoms. The maximum Gasteiger partial charge on any atom is 0.225 e. The van der Waals surface area contributed by atoms with Crippen molar-refractivity contribution in [1.29, 1.82) is 0 Å². The van der Waals surface area contributed by atoms with Crippen molar-refractivity contribution in [3.05, 3.63) is 35.6 Å². The summed E-state index contributed by atoms with van der Waals surface area (Å²) in [5.74, 6) is 1.22. The highest BCUT2D eigenvalue weighted by molar-refractivity contribution is 14.0. The summed E-state index contributed by atoms with van der Waals surface area (Å²) in [6, 6.07) is 7.01. The van der Waals surface area contributed by atoms with Gasteiger partial charge in [-0.15, -0.1) is 24.0 Å². The predicted octanol–water partition coefficient (Wildman–Crippen LogP) is 4.11. The molecule has 1 aromatic rings. The Morgan fingerprint density at radius 1 is 1.23 bits per heavy atom. The van der Waals surface area contributed by atoms with Crippen LogP contribution in [0.1, 0.15) is 57.4 Å². The van der Waals surface area contributed by atoms with Gasteiger partial charge in [0.25, 0.3) is 0 Å². The van der Waals surface area contributed by atoms with Gasteiger partial charge in [-0.3, -0.25) is 9.79 Å². The van der Waals surface area contributed by atoms with Crippen LogP contribution < -0.4 is 10.6 Å². The quantitative estimate of drug-likeness (QED) is 0.242. The Hall–Kier alpha value is -1.38. The SMILES string of the molecule is CCNC(=NCCCc1cccc(F)c1)NC1CCN(C(=O)C2CCCCC2)C1.I. The number of likely N-dealkylation sites (tertiary alicyclic amines) is 1. The van der Waals surface area contributed by atoms with Crippen molar-refractivity contribution in [2.75, 3.05) is 26.2 Å². The van der Waals surface area contributed by atoms with E-state index in [1.54, 1.807) is 12.1 Å². The number of halogens is 2. The second kappa shape index (κ2) is 13.1. The van der Waals surface area contributed by atoms with E-state index in [-0.39, 0.29) is 41.8 Å². The fourth-order valence-electron chi connectivity index (χ4n) is 4.37. The Bertz CT molecular complexity index is 694. The van der Waals surface area contributed by atoms with Crippen molar-refractivity contribution in [3.8, 4) is 0 Å². The molecular weight excluding hydrogens is 494 g/mol. The summed E-state index contributed by atoms with van der Waals surface area (Å²) in [7, 11) is 0. The van der Waals surface area contributed by atoms with E-state index in [0.717, 1.165) is 63.3 Å². The Morgan fingerprint density at radius 2 is 2.03 bits per heavy atom. The smallest absolute Gasteiger partial charge is 0.225 e. The molecule has 1 saturated heterocycles. The molecule has 1 aliphatic heterocycles. The lowest BCUT2D eigenvalue weighted by Gasteiger charge is -2.26. The van der Waals surface area contributed by atoms with E-state index in [1.807, 2.05) is 11.0 Å². The third-order valence-corrected chi connectivity index (χ3v) is 5.92. The number of nitrogens with one attached hydrogen (secondary N) is 2. The highest BCUT2D eigenvalue weighted by Crippen LogP contribution is 2.26. The van der Waals surface area contributed by atoms with E-state index in [2.05, 4.69) is 22.5 Å². The minimum absolute atomic E-state index is 0. The molecule has 1 atom stereocenters. The number of carbonyl (C=O) groups is 1. The zero-order valence-electron chi connectivity index (χ0n) is 18.0. The highest BCUT2D eigenvalue weighted by Gasteiger charge is 2.31. The molecule has 1 unspecified atom stereocenters. The number of hydrogen-bond donors (Lipinski definition) is 2. The molecule has 3 rings (SSSR count). The van der Waals surface area contributed by atoms with E-state index in [1.165, 1.54) is 25.3 Å². The molecule has 0 spiro atoms. The molecule has 1 aliphatic carbocycles. The first-order chi connectivity index (χ1) is 14.2. The second-order valence-electron chi connectivity index (χ2n) is 8.24. The summed E-state index contributed by atoms with van der Waals surface area (Å²) in [5, 5.41) is 6.80. The van der Waals surface area contributed by atoms with Crippen LogP contribution in [0.3, 0.4) is 0 Å². The summed E-state index contributed by atoms with van der Waals surface area (Å²) in [6.45, 7) is 5.14. The molecule has 2 aliphatic rings. The number of carbonyl (C=O) groups excluding carboxylic acids is 1. The lowest BCUT2D eigenvalue weighted by atomic mass is 9.88. The lowest BCUT2D eigenvalue weighted by molar-refractivity contribution is -0.135. The molecule has 1 heterocycles. The standard InChI is InChI=1S/C23H35FN4O.HI/c1-2-25-23(26-14-7-9-18-8-6-12-20(24)16-18)27-21-13-15-28(17-21)22(29)19-10-4-3-5-11-19;/h6,8,12,16,19,21H,2-5,7,9-11,13-15,17H2,1H3,(H2,25,26,27);1H. The zero-order chi connectivity index (χ0) is 20.5. The number of hydrogen-bond acceptors (Lipinski definition) is 2. The molecular formula is C23H36FIN4O. The topological polar surface area (TPSA) is 56.7 Å². The third kappa shape index (κ3) is 7.71. The molecule has 168 valence electrons. The average molecular weight is 530 g/mol. The number of amides is 1. The van der Waals surface area contributed by atoms with Crippen molar-refractivity contribution in [2.24, 2.45) is 10.9 Å². The van der Waals surface area contributed by atoms with Gasteiger partial charge in [0.15, 0.2) is 5.96 Å². The number of aryl methyl sites for hydroxylation is 1. The largest absolute Gasteiger partial charge is 0.357 e. The van der Waals surface area contributed by atoms with Gasteiger partial charge in [-0.05, 0) is 56.7 Å². The third-order valence-electron chi connectivity index (χ3n) is 5.92. The average Bonchev–Trinajstić information content (AvgIpc) is 3.20. The fraction of sp³-hybridized carbons (Fsp3) is 0.652. The van der Waals surface area contributed by atoms with Crippen molar-refractivity contribution in [3.63, 3.8) is 0 Å². The van der Waals surface area contributed by atoms with Crippen LogP contribution in [0.25, 0.3) is 0 Å². The Balaban J connectivity index is 0.00000320. The van der Waals surface area contributed by atoms with Gasteiger partial charge in [0.1, 0.15) is 5.82 Å². The first-order valence-electron chi connectivity index (χ1n) is 11.2. The van der Waals surface area contributed by atoms with Crippen molar-refractivity contribution in [1.82, 2.24) is 15.5 Å². The summed E-state index contributed by atoms with van der Waals surface area (Å²) in [6.07, 6.45) is 8.43. The molecule has 2 fully saturated rings. The van der Waals surface area contributed by atoms with Crippen LogP contribution in [0.15, 0.2) is 29.3 Å². The number of aliphatic imine (C=N–C) groups is 1. The van der Waals surface area contributed by atoms with Gasteiger partial charge < -0.3 is 15.5 Å². The van der Waals surface area contributed by atoms with Crippen LogP contribution in [0.5, 0.6) is 0 Å². The molecule has 0 aromatic heterocycles. The normalized spacial score (nSPS) is 20.0. The summed E-state index contributed by atoms with van der Waals surface area (Å²) in [4.78, 5) is 19.5. The molecule has 1 aromatic carbocycles. The summed E-state index contributed by atoms with van der Waals surface area (Å²) >= 11 is 0. The van der Waals surface area contributed by atoms with Crippen LogP contribution in [0.4, 0.5) is 4.39 Å². The lowest BCUT2D eigenvalue weighted by Crippen LogP contribution is -2.45. The summed E-state index contributed by atoms with van der Waals surface area (Å²) < 4.78 is 13.3. The number of nitrogens with zero attached hydrogens (tertiary/aromatic N) is 2.